The number of nitrogens with zero attached hydrogens (tertiary/aromatic N) is 1. The second-order valence-corrected chi connectivity index (χ2v) is 10.7. The number of rotatable bonds is 13. The number of amides is 1. The Labute approximate surface area is 252 Å². The highest BCUT2D eigenvalue weighted by atomic mass is 16.7. The van der Waals surface area contributed by atoms with Crippen LogP contribution in [0.3, 0.4) is 0 Å². The van der Waals surface area contributed by atoms with Gasteiger partial charge in [-0.1, -0.05) is 78.9 Å². The zero-order chi connectivity index (χ0) is 30.0. The van der Waals surface area contributed by atoms with Gasteiger partial charge >= 0.3 is 6.09 Å². The molecular weight excluding hydrogens is 546 g/mol. The van der Waals surface area contributed by atoms with E-state index in [-0.39, 0.29) is 18.6 Å². The molecule has 0 radical (unpaired) electrons. The van der Waals surface area contributed by atoms with E-state index in [2.05, 4.69) is 18.2 Å². The van der Waals surface area contributed by atoms with Gasteiger partial charge in [-0.05, 0) is 46.5 Å². The smallest absolute Gasteiger partial charge is 0.407 e. The molecule has 0 saturated carbocycles. The molecule has 1 N–H and O–H groups in total. The molecule has 8 nitrogen and oxygen atoms in total. The van der Waals surface area contributed by atoms with Crippen molar-refractivity contribution in [2.75, 3.05) is 40.5 Å². The Kier molecular flexibility index (Phi) is 10.6. The maximum absolute atomic E-state index is 11.9. The Morgan fingerprint density at radius 1 is 0.884 bits per heavy atom. The van der Waals surface area contributed by atoms with Crippen LogP contribution < -0.4 is 4.74 Å². The van der Waals surface area contributed by atoms with Gasteiger partial charge in [-0.25, -0.2) is 4.79 Å². The normalized spacial score (nSPS) is 18.3. The molecule has 43 heavy (non-hydrogen) atoms. The Balaban J connectivity index is 1.22. The maximum Gasteiger partial charge on any atom is 0.407 e. The number of carboxylic acid groups (broad SMARTS) is 1. The van der Waals surface area contributed by atoms with Gasteiger partial charge in [0.25, 0.3) is 0 Å². The van der Waals surface area contributed by atoms with Crippen LogP contribution >= 0.6 is 0 Å². The number of likely N-dealkylation sites (tertiary alicyclic amines) is 1. The van der Waals surface area contributed by atoms with E-state index in [0.717, 1.165) is 33.2 Å². The third-order valence-corrected chi connectivity index (χ3v) is 7.88. The van der Waals surface area contributed by atoms with E-state index < -0.39 is 18.5 Å². The minimum atomic E-state index is -0.948. The minimum absolute atomic E-state index is 0.0131. The lowest BCUT2D eigenvalue weighted by molar-refractivity contribution is -0.174. The van der Waals surface area contributed by atoms with Crippen LogP contribution in [0.5, 0.6) is 5.75 Å². The Hall–Kier alpha value is -3.95. The van der Waals surface area contributed by atoms with Crippen LogP contribution in [0.2, 0.25) is 0 Å². The highest BCUT2D eigenvalue weighted by Crippen LogP contribution is 2.35. The topological polar surface area (TPSA) is 86.7 Å². The summed E-state index contributed by atoms with van der Waals surface area (Å²) < 4.78 is 29.7. The van der Waals surface area contributed by atoms with Crippen LogP contribution in [0.1, 0.15) is 35.3 Å². The van der Waals surface area contributed by atoms with E-state index >= 15 is 0 Å². The van der Waals surface area contributed by atoms with Gasteiger partial charge in [0.1, 0.15) is 18.5 Å². The fourth-order valence-corrected chi connectivity index (χ4v) is 5.46. The summed E-state index contributed by atoms with van der Waals surface area (Å²) in [7, 11) is 3.26. The van der Waals surface area contributed by atoms with Crippen molar-refractivity contribution in [2.24, 2.45) is 0 Å². The van der Waals surface area contributed by atoms with Crippen molar-refractivity contribution >= 4 is 16.9 Å². The molecule has 1 unspecified atom stereocenters. The lowest BCUT2D eigenvalue weighted by Crippen LogP contribution is -2.46. The van der Waals surface area contributed by atoms with Gasteiger partial charge in [-0.3, -0.25) is 0 Å². The second kappa shape index (κ2) is 15.0. The standard InChI is InChI=1S/C35H39NO7/c1-39-31(23-41-22-25-8-4-3-5-9-25)24-42-30-16-14-27(15-17-30)32-18-19-36(35(37)38)21-33(32)43-34(40-2)29-13-12-26-10-6-7-11-28(26)20-29/h3-17,20,31-34H,18-19,21-24H2,1-2H3,(H,37,38)/t31-,32+,33-,34?/m0/s1. The molecule has 226 valence electrons. The fourth-order valence-electron chi connectivity index (χ4n) is 5.46. The molecule has 0 spiro atoms. The SMILES string of the molecule is COC(O[C@H]1CN(C(=O)O)CC[C@@H]1c1ccc(OC[C@H](COCc2ccccc2)OC)cc1)c1ccc2ccccc2c1. The van der Waals surface area contributed by atoms with Crippen LogP contribution in [-0.2, 0) is 25.6 Å². The van der Waals surface area contributed by atoms with Crippen LogP contribution in [0, 0.1) is 0 Å². The molecule has 1 heterocycles. The Morgan fingerprint density at radius 2 is 1.63 bits per heavy atom. The summed E-state index contributed by atoms with van der Waals surface area (Å²) >= 11 is 0. The second-order valence-electron chi connectivity index (χ2n) is 10.7. The van der Waals surface area contributed by atoms with Gasteiger partial charge in [0.2, 0.25) is 0 Å². The van der Waals surface area contributed by atoms with Crippen molar-refractivity contribution in [1.29, 1.82) is 0 Å². The van der Waals surface area contributed by atoms with E-state index in [9.17, 15) is 9.90 Å². The van der Waals surface area contributed by atoms with Crippen molar-refractivity contribution < 1.29 is 33.6 Å². The molecule has 5 rings (SSSR count). The van der Waals surface area contributed by atoms with Gasteiger partial charge in [-0.2, -0.15) is 0 Å². The summed E-state index contributed by atoms with van der Waals surface area (Å²) in [6, 6.07) is 32.2. The predicted octanol–water partition coefficient (Wildman–Crippen LogP) is 6.65. The molecule has 4 aromatic rings. The highest BCUT2D eigenvalue weighted by Gasteiger charge is 2.35. The largest absolute Gasteiger partial charge is 0.491 e. The molecule has 1 fully saturated rings. The van der Waals surface area contributed by atoms with E-state index in [0.29, 0.717) is 32.8 Å². The molecule has 1 aliphatic rings. The first-order chi connectivity index (χ1) is 21.0. The lowest BCUT2D eigenvalue weighted by Gasteiger charge is -2.39. The predicted molar refractivity (Wildman–Crippen MR) is 164 cm³/mol. The van der Waals surface area contributed by atoms with E-state index in [1.165, 1.54) is 4.90 Å². The van der Waals surface area contributed by atoms with E-state index in [1.807, 2.05) is 78.9 Å². The summed E-state index contributed by atoms with van der Waals surface area (Å²) in [5.41, 5.74) is 3.06. The number of ether oxygens (including phenoxy) is 5. The molecule has 0 bridgehead atoms. The van der Waals surface area contributed by atoms with Crippen LogP contribution in [0.25, 0.3) is 10.8 Å². The zero-order valence-corrected chi connectivity index (χ0v) is 24.6. The number of benzene rings is 4. The highest BCUT2D eigenvalue weighted by molar-refractivity contribution is 5.83. The summed E-state index contributed by atoms with van der Waals surface area (Å²) in [4.78, 5) is 13.3. The summed E-state index contributed by atoms with van der Waals surface area (Å²) in [6.45, 7) is 1.98. The van der Waals surface area contributed by atoms with Crippen molar-refractivity contribution in [3.05, 3.63) is 114 Å². The number of piperidine rings is 1. The minimum Gasteiger partial charge on any atom is -0.491 e. The van der Waals surface area contributed by atoms with Gasteiger partial charge in [0, 0.05) is 32.2 Å². The quantitative estimate of drug-likeness (QED) is 0.176. The average molecular weight is 586 g/mol. The first-order valence-electron chi connectivity index (χ1n) is 14.6. The average Bonchev–Trinajstić information content (AvgIpc) is 3.05. The number of methoxy groups -OCH3 is 2. The number of fused-ring (bicyclic) bond motifs is 1. The van der Waals surface area contributed by atoms with Crippen molar-refractivity contribution in [3.8, 4) is 5.75 Å². The first-order valence-corrected chi connectivity index (χ1v) is 14.6. The first kappa shape index (κ1) is 30.5. The summed E-state index contributed by atoms with van der Waals surface area (Å²) in [5, 5.41) is 11.9. The molecule has 1 saturated heterocycles. The van der Waals surface area contributed by atoms with Crippen LogP contribution in [0.4, 0.5) is 4.79 Å². The Morgan fingerprint density at radius 3 is 2.35 bits per heavy atom. The van der Waals surface area contributed by atoms with Crippen LogP contribution in [0.15, 0.2) is 97.1 Å². The van der Waals surface area contributed by atoms with Crippen LogP contribution in [-0.4, -0.2) is 68.8 Å². The molecule has 0 aromatic heterocycles. The molecule has 4 atom stereocenters. The third kappa shape index (κ3) is 8.12. The number of hydrogen-bond acceptors (Lipinski definition) is 6. The summed E-state index contributed by atoms with van der Waals surface area (Å²) in [6.07, 6.45) is -1.55. The number of carbonyl (C=O) groups is 1. The van der Waals surface area contributed by atoms with Gasteiger partial charge < -0.3 is 33.7 Å². The maximum atomic E-state index is 11.9. The zero-order valence-electron chi connectivity index (χ0n) is 24.6. The van der Waals surface area contributed by atoms with Gasteiger partial charge in [0.15, 0.2) is 6.29 Å². The molecule has 1 amide bonds. The summed E-state index contributed by atoms with van der Waals surface area (Å²) in [5.74, 6) is 0.709. The van der Waals surface area contributed by atoms with E-state index in [4.69, 9.17) is 23.7 Å². The molecular formula is C35H39NO7. The third-order valence-electron chi connectivity index (χ3n) is 7.88. The molecule has 4 aromatic carbocycles. The monoisotopic (exact) mass is 585 g/mol. The molecule has 1 aliphatic heterocycles. The lowest BCUT2D eigenvalue weighted by atomic mass is 9.87. The molecule has 0 aliphatic carbocycles. The van der Waals surface area contributed by atoms with E-state index in [1.54, 1.807) is 14.2 Å². The fraction of sp³-hybridized carbons (Fsp3) is 0.343. The van der Waals surface area contributed by atoms with Crippen molar-refractivity contribution in [1.82, 2.24) is 4.90 Å². The number of hydrogen-bond donors (Lipinski definition) is 1. The van der Waals surface area contributed by atoms with Gasteiger partial charge in [0.05, 0.1) is 25.9 Å². The Bertz CT molecular complexity index is 1450. The van der Waals surface area contributed by atoms with Crippen molar-refractivity contribution in [3.63, 3.8) is 0 Å². The van der Waals surface area contributed by atoms with Gasteiger partial charge in [-0.15, -0.1) is 0 Å². The van der Waals surface area contributed by atoms with Crippen molar-refractivity contribution in [2.45, 2.75) is 37.4 Å². The molecule has 8 heteroatoms.